The molecule has 0 saturated carbocycles. The molecule has 0 atom stereocenters. The molecule has 1 aromatic carbocycles. The third kappa shape index (κ3) is 5.00. The maximum Gasteiger partial charge on any atom is 0.160 e. The monoisotopic (exact) mass is 299 g/mol. The lowest BCUT2D eigenvalue weighted by Gasteiger charge is -1.98. The van der Waals surface area contributed by atoms with E-state index in [4.69, 9.17) is 9.26 Å². The van der Waals surface area contributed by atoms with Crippen molar-refractivity contribution < 1.29 is 9.26 Å². The molecule has 0 unspecified atom stereocenters. The van der Waals surface area contributed by atoms with E-state index in [-0.39, 0.29) is 0 Å². The summed E-state index contributed by atoms with van der Waals surface area (Å²) in [5.41, 5.74) is 1.13. The van der Waals surface area contributed by atoms with E-state index in [1.54, 1.807) is 18.9 Å². The van der Waals surface area contributed by atoms with Crippen LogP contribution in [0.5, 0.6) is 5.75 Å². The summed E-state index contributed by atoms with van der Waals surface area (Å²) in [4.78, 5) is 0. The second-order valence-corrected chi connectivity index (χ2v) is 4.97. The highest BCUT2D eigenvalue weighted by Crippen LogP contribution is 2.15. The molecule has 2 rings (SSSR count). The molecule has 0 aliphatic heterocycles. The lowest BCUT2D eigenvalue weighted by atomic mass is 10.2. The van der Waals surface area contributed by atoms with Crippen LogP contribution in [0.15, 0.2) is 64.2 Å². The fourth-order valence-electron chi connectivity index (χ4n) is 1.61. The van der Waals surface area contributed by atoms with E-state index < -0.39 is 0 Å². The van der Waals surface area contributed by atoms with Crippen molar-refractivity contribution in [1.82, 2.24) is 5.16 Å². The van der Waals surface area contributed by atoms with Crippen LogP contribution in [-0.2, 0) is 0 Å². The number of thioether (sulfide) groups is 1. The van der Waals surface area contributed by atoms with Gasteiger partial charge in [0.1, 0.15) is 10.8 Å². The summed E-state index contributed by atoms with van der Waals surface area (Å²) in [6.07, 6.45) is 13.7. The Bertz CT molecular complexity index is 639. The number of rotatable bonds is 6. The second-order valence-electron chi connectivity index (χ2n) is 4.15. The predicted octanol–water partition coefficient (Wildman–Crippen LogP) is 4.69. The zero-order chi connectivity index (χ0) is 14.9. The summed E-state index contributed by atoms with van der Waals surface area (Å²) in [5.74, 6) is 1.62. The molecule has 21 heavy (non-hydrogen) atoms. The number of methoxy groups -OCH3 is 1. The molecule has 0 aliphatic carbocycles. The van der Waals surface area contributed by atoms with Crippen LogP contribution in [0.1, 0.15) is 11.3 Å². The van der Waals surface area contributed by atoms with Gasteiger partial charge in [-0.25, -0.2) is 0 Å². The van der Waals surface area contributed by atoms with Crippen molar-refractivity contribution in [2.45, 2.75) is 5.03 Å². The van der Waals surface area contributed by atoms with Gasteiger partial charge in [0.2, 0.25) is 0 Å². The summed E-state index contributed by atoms with van der Waals surface area (Å²) in [5, 5.41) is 4.78. The Hall–Kier alpha value is -2.20. The average Bonchev–Trinajstić information content (AvgIpc) is 2.99. The number of aromatic nitrogens is 1. The molecule has 3 nitrogen and oxygen atoms in total. The number of allylic oxidation sites excluding steroid dienone is 4. The number of benzene rings is 1. The van der Waals surface area contributed by atoms with Gasteiger partial charge in [-0.3, -0.25) is 0 Å². The number of hydrogen-bond donors (Lipinski definition) is 0. The first kappa shape index (κ1) is 15.2. The topological polar surface area (TPSA) is 35.3 Å². The molecule has 1 heterocycles. The normalized spacial score (nSPS) is 11.9. The summed E-state index contributed by atoms with van der Waals surface area (Å²) < 4.78 is 10.2. The second kappa shape index (κ2) is 8.17. The van der Waals surface area contributed by atoms with Crippen LogP contribution in [0.25, 0.3) is 12.2 Å². The van der Waals surface area contributed by atoms with Crippen molar-refractivity contribution >= 4 is 23.9 Å². The molecule has 0 bridgehead atoms. The molecule has 0 radical (unpaired) electrons. The number of ether oxygens (including phenoxy) is 1. The Morgan fingerprint density at radius 1 is 1.05 bits per heavy atom. The third-order valence-electron chi connectivity index (χ3n) is 2.71. The van der Waals surface area contributed by atoms with E-state index in [9.17, 15) is 0 Å². The van der Waals surface area contributed by atoms with E-state index in [0.29, 0.717) is 0 Å². The lowest BCUT2D eigenvalue weighted by molar-refractivity contribution is 0.397. The summed E-state index contributed by atoms with van der Waals surface area (Å²) >= 11 is 1.56. The smallest absolute Gasteiger partial charge is 0.160 e. The molecule has 2 aromatic rings. The fourth-order valence-corrected chi connectivity index (χ4v) is 1.95. The van der Waals surface area contributed by atoms with Crippen molar-refractivity contribution in [3.05, 3.63) is 66.0 Å². The van der Waals surface area contributed by atoms with Gasteiger partial charge in [-0.05, 0) is 30.0 Å². The van der Waals surface area contributed by atoms with Crippen molar-refractivity contribution in [1.29, 1.82) is 0 Å². The van der Waals surface area contributed by atoms with Gasteiger partial charge in [0.15, 0.2) is 5.76 Å². The van der Waals surface area contributed by atoms with E-state index in [1.807, 2.05) is 73.0 Å². The number of nitrogens with zero attached hydrogens (tertiary/aromatic N) is 1. The van der Waals surface area contributed by atoms with E-state index in [2.05, 4.69) is 5.16 Å². The van der Waals surface area contributed by atoms with Gasteiger partial charge in [-0.15, -0.1) is 11.8 Å². The van der Waals surface area contributed by atoms with Crippen LogP contribution in [0.4, 0.5) is 0 Å². The van der Waals surface area contributed by atoms with Crippen LogP contribution in [-0.4, -0.2) is 18.5 Å². The minimum atomic E-state index is 0.753. The first-order valence-electron chi connectivity index (χ1n) is 6.48. The Labute approximate surface area is 129 Å². The standard InChI is InChI=1S/C17H17NO2S/c1-19-15-11-9-14(10-12-15)7-5-3-4-6-8-16-13-17(21-2)18-20-16/h3-13H,1-2H3/b4-3+,7-5+,8-6+. The lowest BCUT2D eigenvalue weighted by Crippen LogP contribution is -1.81. The van der Waals surface area contributed by atoms with Gasteiger partial charge >= 0.3 is 0 Å². The van der Waals surface area contributed by atoms with E-state index in [1.165, 1.54) is 0 Å². The summed E-state index contributed by atoms with van der Waals surface area (Å²) in [7, 11) is 1.66. The maximum atomic E-state index is 5.13. The van der Waals surface area contributed by atoms with E-state index in [0.717, 1.165) is 22.1 Å². The predicted molar refractivity (Wildman–Crippen MR) is 88.5 cm³/mol. The molecule has 4 heteroatoms. The molecular weight excluding hydrogens is 282 g/mol. The van der Waals surface area contributed by atoms with Crippen molar-refractivity contribution in [2.75, 3.05) is 13.4 Å². The average molecular weight is 299 g/mol. The highest BCUT2D eigenvalue weighted by Gasteiger charge is 1.97. The van der Waals surface area contributed by atoms with Crippen molar-refractivity contribution in [3.8, 4) is 5.75 Å². The fraction of sp³-hybridized carbons (Fsp3) is 0.118. The largest absolute Gasteiger partial charge is 0.497 e. The van der Waals surface area contributed by atoms with Gasteiger partial charge in [0.25, 0.3) is 0 Å². The van der Waals surface area contributed by atoms with Gasteiger partial charge < -0.3 is 9.26 Å². The van der Waals surface area contributed by atoms with Gasteiger partial charge in [-0.2, -0.15) is 0 Å². The van der Waals surface area contributed by atoms with Crippen LogP contribution in [0, 0.1) is 0 Å². The third-order valence-corrected chi connectivity index (χ3v) is 3.32. The maximum absolute atomic E-state index is 5.13. The van der Waals surface area contributed by atoms with Crippen LogP contribution >= 0.6 is 11.8 Å². The van der Waals surface area contributed by atoms with Crippen molar-refractivity contribution in [3.63, 3.8) is 0 Å². The molecule has 108 valence electrons. The Kier molecular flexibility index (Phi) is 5.91. The minimum absolute atomic E-state index is 0.753. The first-order chi connectivity index (χ1) is 10.3. The SMILES string of the molecule is COc1ccc(/C=C/C=C/C=C/c2cc(SC)no2)cc1. The van der Waals surface area contributed by atoms with Gasteiger partial charge in [-0.1, -0.05) is 47.7 Å². The summed E-state index contributed by atoms with van der Waals surface area (Å²) in [6, 6.07) is 9.81. The van der Waals surface area contributed by atoms with Crippen molar-refractivity contribution in [2.24, 2.45) is 0 Å². The molecule has 1 aromatic heterocycles. The molecule has 0 saturated heterocycles. The minimum Gasteiger partial charge on any atom is -0.497 e. The zero-order valence-electron chi connectivity index (χ0n) is 12.0. The first-order valence-corrected chi connectivity index (χ1v) is 7.70. The Morgan fingerprint density at radius 3 is 2.38 bits per heavy atom. The zero-order valence-corrected chi connectivity index (χ0v) is 12.8. The summed E-state index contributed by atoms with van der Waals surface area (Å²) in [6.45, 7) is 0. The Balaban J connectivity index is 1.85. The van der Waals surface area contributed by atoms with Gasteiger partial charge in [0, 0.05) is 6.07 Å². The molecular formula is C17H17NO2S. The van der Waals surface area contributed by atoms with Crippen LogP contribution in [0.2, 0.25) is 0 Å². The molecule has 0 aliphatic rings. The van der Waals surface area contributed by atoms with Crippen LogP contribution in [0.3, 0.4) is 0 Å². The number of hydrogen-bond acceptors (Lipinski definition) is 4. The highest BCUT2D eigenvalue weighted by atomic mass is 32.2. The van der Waals surface area contributed by atoms with E-state index >= 15 is 0 Å². The Morgan fingerprint density at radius 2 is 1.76 bits per heavy atom. The van der Waals surface area contributed by atoms with Gasteiger partial charge in [0.05, 0.1) is 7.11 Å². The van der Waals surface area contributed by atoms with Crippen LogP contribution < -0.4 is 4.74 Å². The molecule has 0 fully saturated rings. The molecule has 0 N–H and O–H groups in total. The molecule has 0 amide bonds. The highest BCUT2D eigenvalue weighted by molar-refractivity contribution is 7.98. The molecule has 0 spiro atoms. The quantitative estimate of drug-likeness (QED) is 0.572.